The van der Waals surface area contributed by atoms with Crippen LogP contribution in [0.4, 0.5) is 0 Å². The zero-order valence-corrected chi connectivity index (χ0v) is 12.7. The number of allylic oxidation sites excluding steroid dienone is 2. The van der Waals surface area contributed by atoms with E-state index >= 15 is 0 Å². The Kier molecular flexibility index (Phi) is 3.10. The van der Waals surface area contributed by atoms with Gasteiger partial charge in [0.2, 0.25) is 0 Å². The molecule has 2 atom stereocenters. The summed E-state index contributed by atoms with van der Waals surface area (Å²) in [6, 6.07) is 3.98. The zero-order chi connectivity index (χ0) is 16.1. The maximum atomic E-state index is 12.3. The standard InChI is InChI=1S/C19H16O4/c1-23-19(22)18-16(21)9-14-15(20)8-13-11-5-3-2-4-10(11)6-7-12(13)17(14)18/h2-3,5-8,15,18,20H,4,9H2,1H3/t15-,18?/m1/s1. The van der Waals surface area contributed by atoms with Crippen molar-refractivity contribution in [3.05, 3.63) is 51.4 Å². The lowest BCUT2D eigenvalue weighted by molar-refractivity contribution is -0.146. The zero-order valence-electron chi connectivity index (χ0n) is 12.7. The summed E-state index contributed by atoms with van der Waals surface area (Å²) < 4.78 is 4.81. The lowest BCUT2D eigenvalue weighted by Crippen LogP contribution is -2.37. The number of fused-ring (bicyclic) bond motifs is 4. The molecule has 1 aromatic rings. The molecule has 0 heterocycles. The number of aliphatic hydroxyl groups excluding tert-OH is 1. The Bertz CT molecular complexity index is 917. The van der Waals surface area contributed by atoms with E-state index in [1.807, 2.05) is 24.3 Å². The molecule has 4 rings (SSSR count). The first kappa shape index (κ1) is 14.2. The second-order valence-corrected chi connectivity index (χ2v) is 6.05. The van der Waals surface area contributed by atoms with Crippen LogP contribution < -0.4 is 10.4 Å². The smallest absolute Gasteiger partial charge is 0.320 e. The first-order valence-corrected chi connectivity index (χ1v) is 7.64. The summed E-state index contributed by atoms with van der Waals surface area (Å²) in [6.07, 6.45) is 7.98. The normalized spacial score (nSPS) is 24.3. The molecule has 4 nitrogen and oxygen atoms in total. The van der Waals surface area contributed by atoms with Crippen LogP contribution in [0.25, 0.3) is 17.7 Å². The molecule has 0 aliphatic heterocycles. The van der Waals surface area contributed by atoms with E-state index in [2.05, 4.69) is 6.08 Å². The van der Waals surface area contributed by atoms with Crippen LogP contribution in [0.3, 0.4) is 0 Å². The van der Waals surface area contributed by atoms with E-state index < -0.39 is 18.0 Å². The Morgan fingerprint density at radius 1 is 1.30 bits per heavy atom. The van der Waals surface area contributed by atoms with Gasteiger partial charge in [0, 0.05) is 6.42 Å². The molecule has 0 amide bonds. The largest absolute Gasteiger partial charge is 0.468 e. The monoisotopic (exact) mass is 308 g/mol. The van der Waals surface area contributed by atoms with Crippen LogP contribution >= 0.6 is 0 Å². The van der Waals surface area contributed by atoms with Crippen molar-refractivity contribution in [1.82, 2.24) is 0 Å². The van der Waals surface area contributed by atoms with Gasteiger partial charge < -0.3 is 9.84 Å². The summed E-state index contributed by atoms with van der Waals surface area (Å²) in [5.74, 6) is -1.68. The third-order valence-corrected chi connectivity index (χ3v) is 4.84. The average molecular weight is 308 g/mol. The number of carbonyl (C=O) groups is 2. The minimum atomic E-state index is -0.922. The van der Waals surface area contributed by atoms with E-state index in [1.54, 1.807) is 6.08 Å². The van der Waals surface area contributed by atoms with Crippen LogP contribution in [-0.2, 0) is 20.7 Å². The molecule has 23 heavy (non-hydrogen) atoms. The molecule has 1 unspecified atom stereocenters. The van der Waals surface area contributed by atoms with Gasteiger partial charge in [-0.25, -0.2) is 0 Å². The number of hydrogen-bond donors (Lipinski definition) is 1. The van der Waals surface area contributed by atoms with Crippen LogP contribution in [0.5, 0.6) is 0 Å². The number of ether oxygens (including phenoxy) is 1. The van der Waals surface area contributed by atoms with Gasteiger partial charge in [0.1, 0.15) is 5.92 Å². The number of carbonyl (C=O) groups excluding carboxylic acids is 2. The fourth-order valence-corrected chi connectivity index (χ4v) is 3.78. The van der Waals surface area contributed by atoms with E-state index in [-0.39, 0.29) is 12.2 Å². The van der Waals surface area contributed by atoms with E-state index in [0.717, 1.165) is 22.4 Å². The molecule has 0 aromatic heterocycles. The highest BCUT2D eigenvalue weighted by Gasteiger charge is 2.43. The Hall–Kier alpha value is -2.46. The summed E-state index contributed by atoms with van der Waals surface area (Å²) in [5, 5.41) is 12.4. The van der Waals surface area contributed by atoms with Crippen molar-refractivity contribution in [3.63, 3.8) is 0 Å². The van der Waals surface area contributed by atoms with Crippen LogP contribution in [0, 0.1) is 5.92 Å². The third kappa shape index (κ3) is 1.95. The Labute approximate surface area is 133 Å². The number of ketones is 1. The van der Waals surface area contributed by atoms with Crippen LogP contribution in [-0.4, -0.2) is 30.1 Å². The van der Waals surface area contributed by atoms with Gasteiger partial charge in [-0.05, 0) is 45.2 Å². The van der Waals surface area contributed by atoms with Gasteiger partial charge in [-0.3, -0.25) is 9.59 Å². The molecule has 3 aliphatic rings. The number of hydrogen-bond acceptors (Lipinski definition) is 4. The fourth-order valence-electron chi connectivity index (χ4n) is 3.78. The minimum Gasteiger partial charge on any atom is -0.468 e. The molecule has 4 heteroatoms. The van der Waals surface area contributed by atoms with Crippen LogP contribution in [0.1, 0.15) is 17.5 Å². The molecule has 0 radical (unpaired) electrons. The number of Topliss-reactive ketones (excluding diaryl/α,β-unsaturated/α-hetero) is 1. The number of aliphatic hydroxyl groups is 1. The van der Waals surface area contributed by atoms with Crippen LogP contribution in [0.15, 0.2) is 29.9 Å². The highest BCUT2D eigenvalue weighted by atomic mass is 16.5. The van der Waals surface area contributed by atoms with E-state index in [0.29, 0.717) is 11.1 Å². The quantitative estimate of drug-likeness (QED) is 0.597. The summed E-state index contributed by atoms with van der Waals surface area (Å²) in [7, 11) is 1.28. The fraction of sp³-hybridized carbons (Fsp3) is 0.263. The van der Waals surface area contributed by atoms with Gasteiger partial charge in [-0.1, -0.05) is 30.4 Å². The number of esters is 1. The second-order valence-electron chi connectivity index (χ2n) is 6.05. The van der Waals surface area contributed by atoms with Gasteiger partial charge in [0.05, 0.1) is 13.2 Å². The molecule has 3 aliphatic carbocycles. The average Bonchev–Trinajstić information content (AvgIpc) is 2.92. The molecule has 0 spiro atoms. The number of methoxy groups -OCH3 is 1. The highest BCUT2D eigenvalue weighted by Crippen LogP contribution is 2.39. The van der Waals surface area contributed by atoms with Crippen molar-refractivity contribution in [1.29, 1.82) is 0 Å². The SMILES string of the molecule is COC(=O)C1C(=O)CC2=C1c1ccc3c(c1=C[C@H]2O)=CC=CC3. The lowest BCUT2D eigenvalue weighted by Gasteiger charge is -2.21. The third-order valence-electron chi connectivity index (χ3n) is 4.84. The van der Waals surface area contributed by atoms with Gasteiger partial charge >= 0.3 is 5.97 Å². The van der Waals surface area contributed by atoms with E-state index in [1.165, 1.54) is 12.7 Å². The predicted molar refractivity (Wildman–Crippen MR) is 85.5 cm³/mol. The van der Waals surface area contributed by atoms with Gasteiger partial charge in [-0.2, -0.15) is 0 Å². The number of benzene rings is 1. The summed E-state index contributed by atoms with van der Waals surface area (Å²) in [6.45, 7) is 0. The topological polar surface area (TPSA) is 63.6 Å². The molecule has 116 valence electrons. The van der Waals surface area contributed by atoms with Crippen molar-refractivity contribution in [2.75, 3.05) is 7.11 Å². The molecule has 1 N–H and O–H groups in total. The molecule has 0 saturated heterocycles. The maximum Gasteiger partial charge on any atom is 0.320 e. The van der Waals surface area contributed by atoms with E-state index in [9.17, 15) is 14.7 Å². The summed E-state index contributed by atoms with van der Waals surface area (Å²) in [5.41, 5.74) is 3.30. The van der Waals surface area contributed by atoms with Gasteiger partial charge in [0.25, 0.3) is 0 Å². The van der Waals surface area contributed by atoms with Crippen molar-refractivity contribution in [3.8, 4) is 0 Å². The van der Waals surface area contributed by atoms with Crippen molar-refractivity contribution >= 4 is 29.5 Å². The van der Waals surface area contributed by atoms with Gasteiger partial charge in [-0.15, -0.1) is 0 Å². The van der Waals surface area contributed by atoms with Crippen molar-refractivity contribution in [2.24, 2.45) is 5.92 Å². The minimum absolute atomic E-state index is 0.104. The molecular formula is C19H16O4. The first-order chi connectivity index (χ1) is 11.1. The highest BCUT2D eigenvalue weighted by molar-refractivity contribution is 6.15. The molecule has 0 saturated carbocycles. The van der Waals surface area contributed by atoms with Crippen molar-refractivity contribution in [2.45, 2.75) is 18.9 Å². The molecule has 1 aromatic carbocycles. The maximum absolute atomic E-state index is 12.3. The first-order valence-electron chi connectivity index (χ1n) is 7.64. The summed E-state index contributed by atoms with van der Waals surface area (Å²) >= 11 is 0. The Balaban J connectivity index is 2.01. The molecule has 0 bridgehead atoms. The van der Waals surface area contributed by atoms with Crippen molar-refractivity contribution < 1.29 is 19.4 Å². The van der Waals surface area contributed by atoms with Gasteiger partial charge in [0.15, 0.2) is 5.78 Å². The Morgan fingerprint density at radius 3 is 2.91 bits per heavy atom. The van der Waals surface area contributed by atoms with Crippen LogP contribution in [0.2, 0.25) is 0 Å². The predicted octanol–water partition coefficient (Wildman–Crippen LogP) is 0.250. The summed E-state index contributed by atoms with van der Waals surface area (Å²) in [4.78, 5) is 24.4. The molecule has 0 fully saturated rings. The Morgan fingerprint density at radius 2 is 2.13 bits per heavy atom. The van der Waals surface area contributed by atoms with E-state index in [4.69, 9.17) is 4.74 Å². The lowest BCUT2D eigenvalue weighted by atomic mass is 9.84. The number of rotatable bonds is 1. The second kappa shape index (κ2) is 5.03. The molecular weight excluding hydrogens is 292 g/mol.